The molecule has 0 unspecified atom stereocenters. The van der Waals surface area contributed by atoms with E-state index in [1.807, 2.05) is 54.0 Å². The number of phenols is 1. The van der Waals surface area contributed by atoms with Gasteiger partial charge in [-0.3, -0.25) is 14.8 Å². The Balaban J connectivity index is 0.00000272. The number of carbonyl (C=O) groups excluding carboxylic acids is 1. The van der Waals surface area contributed by atoms with E-state index >= 15 is 0 Å². The third kappa shape index (κ3) is 4.51. The monoisotopic (exact) mass is 435 g/mol. The molecule has 1 amide bonds. The highest BCUT2D eigenvalue weighted by molar-refractivity contribution is 5.96. The van der Waals surface area contributed by atoms with Crippen LogP contribution in [0.1, 0.15) is 16.7 Å². The molecule has 1 heterocycles. The number of imidazole rings is 1. The molecule has 5 N–H and O–H groups in total. The van der Waals surface area contributed by atoms with Gasteiger partial charge in [0.25, 0.3) is 0 Å². The number of nitrogen functional groups attached to an aromatic ring is 1. The van der Waals surface area contributed by atoms with Gasteiger partial charge in [-0.05, 0) is 61.0 Å². The molecule has 0 atom stereocenters. The smallest absolute Gasteiger partial charge is 0.228 e. The quantitative estimate of drug-likeness (QED) is 0.280. The highest BCUT2D eigenvalue weighted by Gasteiger charge is 2.12. The lowest BCUT2D eigenvalue weighted by Gasteiger charge is -2.12. The number of amides is 1. The predicted octanol–water partition coefficient (Wildman–Crippen LogP) is 3.93. The van der Waals surface area contributed by atoms with Gasteiger partial charge in [-0.1, -0.05) is 12.1 Å². The van der Waals surface area contributed by atoms with Crippen LogP contribution in [0.4, 0.5) is 5.69 Å². The van der Waals surface area contributed by atoms with Crippen molar-refractivity contribution in [2.75, 3.05) is 5.32 Å². The van der Waals surface area contributed by atoms with Crippen LogP contribution in [0.15, 0.2) is 67.0 Å². The molecular weight excluding hydrogens is 414 g/mol. The summed E-state index contributed by atoms with van der Waals surface area (Å²) in [7, 11) is 0. The zero-order valence-electron chi connectivity index (χ0n) is 16.8. The van der Waals surface area contributed by atoms with E-state index in [0.29, 0.717) is 16.8 Å². The third-order valence-electron chi connectivity index (χ3n) is 4.94. The first-order valence-corrected chi connectivity index (χ1v) is 9.41. The molecule has 0 bridgehead atoms. The van der Waals surface area contributed by atoms with E-state index in [1.54, 1.807) is 18.5 Å². The SMILES string of the molecule is Cc1cc(NC(=O)Cc2cc(C(=N)N)ccc2O)ccc1-n1cnc2ccccc21.Cl. The summed E-state index contributed by atoms with van der Waals surface area (Å²) < 4.78 is 2.02. The van der Waals surface area contributed by atoms with Crippen LogP contribution in [-0.2, 0) is 11.2 Å². The fraction of sp³-hybridized carbons (Fsp3) is 0.0870. The van der Waals surface area contributed by atoms with Gasteiger partial charge in [-0.2, -0.15) is 0 Å². The van der Waals surface area contributed by atoms with Crippen molar-refractivity contribution in [3.63, 3.8) is 0 Å². The Labute approximate surface area is 185 Å². The normalized spacial score (nSPS) is 10.5. The van der Waals surface area contributed by atoms with Gasteiger partial charge in [0, 0.05) is 16.8 Å². The third-order valence-corrected chi connectivity index (χ3v) is 4.94. The molecule has 0 radical (unpaired) electrons. The summed E-state index contributed by atoms with van der Waals surface area (Å²) in [5.74, 6) is -0.394. The van der Waals surface area contributed by atoms with Gasteiger partial charge >= 0.3 is 0 Å². The lowest BCUT2D eigenvalue weighted by atomic mass is 10.1. The maximum Gasteiger partial charge on any atom is 0.228 e. The lowest BCUT2D eigenvalue weighted by molar-refractivity contribution is -0.115. The molecule has 4 rings (SSSR count). The van der Waals surface area contributed by atoms with Crippen LogP contribution in [0.25, 0.3) is 16.7 Å². The predicted molar refractivity (Wildman–Crippen MR) is 125 cm³/mol. The number of aromatic nitrogens is 2. The van der Waals surface area contributed by atoms with E-state index < -0.39 is 0 Å². The number of nitrogens with zero attached hydrogens (tertiary/aromatic N) is 2. The summed E-state index contributed by atoms with van der Waals surface area (Å²) >= 11 is 0. The fourth-order valence-corrected chi connectivity index (χ4v) is 3.43. The number of hydrogen-bond donors (Lipinski definition) is 4. The number of amidine groups is 1. The maximum atomic E-state index is 12.5. The number of phenolic OH excluding ortho intramolecular Hbond substituents is 1. The Morgan fingerprint density at radius 1 is 1.16 bits per heavy atom. The van der Waals surface area contributed by atoms with Crippen LogP contribution >= 0.6 is 12.4 Å². The van der Waals surface area contributed by atoms with Gasteiger partial charge in [0.15, 0.2) is 0 Å². The number of para-hydroxylation sites is 2. The zero-order chi connectivity index (χ0) is 21.3. The van der Waals surface area contributed by atoms with Crippen LogP contribution < -0.4 is 11.1 Å². The fourth-order valence-electron chi connectivity index (χ4n) is 3.43. The minimum absolute atomic E-state index is 0. The number of rotatable bonds is 5. The van der Waals surface area contributed by atoms with Crippen molar-refractivity contribution in [2.24, 2.45) is 5.73 Å². The average molecular weight is 436 g/mol. The van der Waals surface area contributed by atoms with Gasteiger partial charge in [0.1, 0.15) is 17.9 Å². The molecular formula is C23H22ClN5O2. The van der Waals surface area contributed by atoms with E-state index in [-0.39, 0.29) is 36.3 Å². The van der Waals surface area contributed by atoms with Crippen LogP contribution in [0, 0.1) is 12.3 Å². The van der Waals surface area contributed by atoms with E-state index in [9.17, 15) is 9.90 Å². The molecule has 0 aliphatic heterocycles. The molecule has 3 aromatic carbocycles. The number of carbonyl (C=O) groups is 1. The van der Waals surface area contributed by atoms with E-state index in [1.165, 1.54) is 6.07 Å². The molecule has 0 aliphatic rings. The second-order valence-electron chi connectivity index (χ2n) is 7.09. The minimum atomic E-state index is -0.272. The first-order chi connectivity index (χ1) is 14.4. The first-order valence-electron chi connectivity index (χ1n) is 9.41. The van der Waals surface area contributed by atoms with Gasteiger partial charge < -0.3 is 16.2 Å². The van der Waals surface area contributed by atoms with Crippen molar-refractivity contribution in [2.45, 2.75) is 13.3 Å². The molecule has 7 nitrogen and oxygen atoms in total. The number of nitrogens with two attached hydrogens (primary N) is 1. The summed E-state index contributed by atoms with van der Waals surface area (Å²) in [6, 6.07) is 18.1. The number of fused-ring (bicyclic) bond motifs is 1. The molecule has 8 heteroatoms. The molecule has 4 aromatic rings. The van der Waals surface area contributed by atoms with Crippen LogP contribution in [0.2, 0.25) is 0 Å². The number of hydrogen-bond acceptors (Lipinski definition) is 4. The molecule has 158 valence electrons. The Morgan fingerprint density at radius 2 is 1.94 bits per heavy atom. The van der Waals surface area contributed by atoms with E-state index in [4.69, 9.17) is 11.1 Å². The Bertz CT molecular complexity index is 1280. The van der Waals surface area contributed by atoms with E-state index in [0.717, 1.165) is 22.3 Å². The lowest BCUT2D eigenvalue weighted by Crippen LogP contribution is -2.16. The largest absolute Gasteiger partial charge is 0.508 e. The molecule has 0 aliphatic carbocycles. The Hall–Kier alpha value is -3.84. The van der Waals surface area contributed by atoms with Gasteiger partial charge in [-0.25, -0.2) is 4.98 Å². The van der Waals surface area contributed by atoms with Crippen molar-refractivity contribution in [1.29, 1.82) is 5.41 Å². The first kappa shape index (κ1) is 21.9. The molecule has 0 saturated carbocycles. The second-order valence-corrected chi connectivity index (χ2v) is 7.09. The van der Waals surface area contributed by atoms with Gasteiger partial charge in [-0.15, -0.1) is 12.4 Å². The van der Waals surface area contributed by atoms with Crippen LogP contribution in [0.3, 0.4) is 0 Å². The number of benzene rings is 3. The summed E-state index contributed by atoms with van der Waals surface area (Å²) in [6.45, 7) is 1.97. The average Bonchev–Trinajstić information content (AvgIpc) is 3.13. The molecule has 0 fully saturated rings. The number of aromatic hydroxyl groups is 1. The number of nitrogens with one attached hydrogen (secondary N) is 2. The van der Waals surface area contributed by atoms with Crippen molar-refractivity contribution in [1.82, 2.24) is 9.55 Å². The summed E-state index contributed by atoms with van der Waals surface area (Å²) in [5.41, 5.74) is 10.9. The maximum absolute atomic E-state index is 12.5. The Morgan fingerprint density at radius 3 is 2.68 bits per heavy atom. The van der Waals surface area contributed by atoms with Crippen molar-refractivity contribution < 1.29 is 9.90 Å². The minimum Gasteiger partial charge on any atom is -0.508 e. The Kier molecular flexibility index (Phi) is 6.27. The van der Waals surface area contributed by atoms with E-state index in [2.05, 4.69) is 10.3 Å². The number of halogens is 1. The molecule has 31 heavy (non-hydrogen) atoms. The number of aryl methyl sites for hydroxylation is 1. The summed E-state index contributed by atoms with van der Waals surface area (Å²) in [5, 5.41) is 20.4. The van der Waals surface area contributed by atoms with Gasteiger partial charge in [0.05, 0.1) is 23.1 Å². The highest BCUT2D eigenvalue weighted by atomic mass is 35.5. The van der Waals surface area contributed by atoms with Crippen molar-refractivity contribution in [3.8, 4) is 11.4 Å². The van der Waals surface area contributed by atoms with Crippen LogP contribution in [-0.4, -0.2) is 26.4 Å². The van der Waals surface area contributed by atoms with Crippen molar-refractivity contribution in [3.05, 3.63) is 83.7 Å². The summed E-state index contributed by atoms with van der Waals surface area (Å²) in [6.07, 6.45) is 1.76. The molecule has 1 aromatic heterocycles. The second kappa shape index (κ2) is 8.89. The van der Waals surface area contributed by atoms with Gasteiger partial charge in [0.2, 0.25) is 5.91 Å². The van der Waals surface area contributed by atoms with Crippen LogP contribution in [0.5, 0.6) is 5.75 Å². The van der Waals surface area contributed by atoms with Crippen molar-refractivity contribution >= 4 is 40.9 Å². The standard InChI is InChI=1S/C23H21N5O2.ClH/c1-14-10-17(7-8-19(14)28-13-26-18-4-2-3-5-20(18)28)27-22(30)12-16-11-15(23(24)25)6-9-21(16)29;/h2-11,13,29H,12H2,1H3,(H3,24,25)(H,27,30);1H. The number of anilines is 1. The summed E-state index contributed by atoms with van der Waals surface area (Å²) in [4.78, 5) is 16.9. The zero-order valence-corrected chi connectivity index (χ0v) is 17.6. The highest BCUT2D eigenvalue weighted by Crippen LogP contribution is 2.24. The molecule has 0 saturated heterocycles. The topological polar surface area (TPSA) is 117 Å². The molecule has 0 spiro atoms.